The normalized spacial score (nSPS) is 20.1. The highest BCUT2D eigenvalue weighted by Gasteiger charge is 2.39. The Labute approximate surface area is 126 Å². The summed E-state index contributed by atoms with van der Waals surface area (Å²) in [5.41, 5.74) is 0.662. The van der Waals surface area contributed by atoms with Crippen LogP contribution in [0.3, 0.4) is 0 Å². The molecule has 1 heterocycles. The number of hydrogen-bond acceptors (Lipinski definition) is 3. The van der Waals surface area contributed by atoms with E-state index in [0.29, 0.717) is 5.69 Å². The van der Waals surface area contributed by atoms with Crippen LogP contribution in [0.4, 0.5) is 5.69 Å². The van der Waals surface area contributed by atoms with E-state index in [9.17, 15) is 9.59 Å². The number of carbonyl (C=O) groups is 2. The Balaban J connectivity index is 1.95. The Bertz CT molecular complexity index is 487. The van der Waals surface area contributed by atoms with Gasteiger partial charge in [-0.1, -0.05) is 44.4 Å². The third-order valence-corrected chi connectivity index (χ3v) is 3.89. The quantitative estimate of drug-likeness (QED) is 0.620. The Hall–Kier alpha value is -1.68. The highest BCUT2D eigenvalue weighted by molar-refractivity contribution is 6.22. The van der Waals surface area contributed by atoms with E-state index in [0.717, 1.165) is 12.8 Å². The van der Waals surface area contributed by atoms with Crippen LogP contribution in [0.2, 0.25) is 0 Å². The molecule has 2 unspecified atom stereocenters. The maximum Gasteiger partial charge on any atom is 0.251 e. The van der Waals surface area contributed by atoms with Gasteiger partial charge in [0.05, 0.1) is 18.2 Å². The van der Waals surface area contributed by atoms with Crippen molar-refractivity contribution in [2.24, 2.45) is 0 Å². The maximum absolute atomic E-state index is 12.4. The molecule has 21 heavy (non-hydrogen) atoms. The standard InChI is InChI=1S/C17H24N2O2/c1-3-4-6-9-13(2)18-15-12-16(20)19(17(15)21)14-10-7-5-8-11-14/h5,7-8,10-11,13,15,18H,3-4,6,9,12H2,1-2H3. The molecular formula is C17H24N2O2. The Morgan fingerprint density at radius 1 is 1.24 bits per heavy atom. The van der Waals surface area contributed by atoms with Crippen LogP contribution in [0.5, 0.6) is 0 Å². The first-order chi connectivity index (χ1) is 10.1. The number of para-hydroxylation sites is 1. The van der Waals surface area contributed by atoms with Crippen molar-refractivity contribution < 1.29 is 9.59 Å². The Morgan fingerprint density at radius 2 is 1.95 bits per heavy atom. The molecule has 1 N–H and O–H groups in total. The Morgan fingerprint density at radius 3 is 2.62 bits per heavy atom. The van der Waals surface area contributed by atoms with Gasteiger partial charge in [-0.05, 0) is 25.5 Å². The van der Waals surface area contributed by atoms with Crippen LogP contribution in [0.15, 0.2) is 30.3 Å². The van der Waals surface area contributed by atoms with Crippen LogP contribution in [-0.2, 0) is 9.59 Å². The zero-order valence-electron chi connectivity index (χ0n) is 12.8. The molecule has 0 aliphatic carbocycles. The number of nitrogens with one attached hydrogen (secondary N) is 1. The number of carbonyl (C=O) groups excluding carboxylic acids is 2. The van der Waals surface area contributed by atoms with Crippen molar-refractivity contribution in [2.75, 3.05) is 4.90 Å². The molecule has 1 aromatic rings. The second-order valence-electron chi connectivity index (χ2n) is 5.72. The molecule has 2 atom stereocenters. The van der Waals surface area contributed by atoms with Crippen LogP contribution < -0.4 is 10.2 Å². The zero-order valence-corrected chi connectivity index (χ0v) is 12.8. The van der Waals surface area contributed by atoms with Crippen LogP contribution in [-0.4, -0.2) is 23.9 Å². The van der Waals surface area contributed by atoms with Crippen LogP contribution in [0.1, 0.15) is 46.0 Å². The number of nitrogens with zero attached hydrogens (tertiary/aromatic N) is 1. The number of hydrogen-bond donors (Lipinski definition) is 1. The van der Waals surface area contributed by atoms with Crippen molar-refractivity contribution >= 4 is 17.5 Å². The second kappa shape index (κ2) is 7.36. The van der Waals surface area contributed by atoms with Gasteiger partial charge in [0.2, 0.25) is 5.91 Å². The number of anilines is 1. The van der Waals surface area contributed by atoms with Crippen molar-refractivity contribution in [1.29, 1.82) is 0 Å². The Kier molecular flexibility index (Phi) is 5.51. The van der Waals surface area contributed by atoms with E-state index in [2.05, 4.69) is 19.2 Å². The van der Waals surface area contributed by atoms with E-state index in [1.807, 2.05) is 18.2 Å². The number of rotatable bonds is 7. The van der Waals surface area contributed by atoms with Crippen LogP contribution in [0.25, 0.3) is 0 Å². The first-order valence-electron chi connectivity index (χ1n) is 7.81. The van der Waals surface area contributed by atoms with Crippen LogP contribution >= 0.6 is 0 Å². The molecule has 0 spiro atoms. The maximum atomic E-state index is 12.4. The molecular weight excluding hydrogens is 264 g/mol. The largest absolute Gasteiger partial charge is 0.303 e. The lowest BCUT2D eigenvalue weighted by Crippen LogP contribution is -2.42. The van der Waals surface area contributed by atoms with Crippen molar-refractivity contribution in [1.82, 2.24) is 5.32 Å². The van der Waals surface area contributed by atoms with E-state index >= 15 is 0 Å². The summed E-state index contributed by atoms with van der Waals surface area (Å²) < 4.78 is 0. The topological polar surface area (TPSA) is 49.4 Å². The molecule has 114 valence electrons. The van der Waals surface area contributed by atoms with Gasteiger partial charge >= 0.3 is 0 Å². The molecule has 0 bridgehead atoms. The smallest absolute Gasteiger partial charge is 0.251 e. The molecule has 1 aliphatic heterocycles. The van der Waals surface area contributed by atoms with Gasteiger partial charge in [0.25, 0.3) is 5.91 Å². The minimum atomic E-state index is -0.380. The van der Waals surface area contributed by atoms with Crippen LogP contribution in [0, 0.1) is 0 Å². The molecule has 1 aromatic carbocycles. The summed E-state index contributed by atoms with van der Waals surface area (Å²) in [6.45, 7) is 4.26. The third-order valence-electron chi connectivity index (χ3n) is 3.89. The van der Waals surface area contributed by atoms with Gasteiger partial charge < -0.3 is 5.32 Å². The number of amides is 2. The van der Waals surface area contributed by atoms with E-state index < -0.39 is 0 Å². The fourth-order valence-electron chi connectivity index (χ4n) is 2.74. The first kappa shape index (κ1) is 15.7. The summed E-state index contributed by atoms with van der Waals surface area (Å²) in [5, 5.41) is 3.31. The molecule has 0 radical (unpaired) electrons. The van der Waals surface area contributed by atoms with Crippen molar-refractivity contribution in [3.05, 3.63) is 30.3 Å². The fourth-order valence-corrected chi connectivity index (χ4v) is 2.74. The molecule has 0 saturated carbocycles. The summed E-state index contributed by atoms with van der Waals surface area (Å²) in [5.74, 6) is -0.252. The van der Waals surface area contributed by atoms with Gasteiger partial charge in [-0.2, -0.15) is 0 Å². The lowest BCUT2D eigenvalue weighted by Gasteiger charge is -2.19. The fraction of sp³-hybridized carbons (Fsp3) is 0.529. The molecule has 4 nitrogen and oxygen atoms in total. The SMILES string of the molecule is CCCCCC(C)NC1CC(=O)N(c2ccccc2)C1=O. The molecule has 4 heteroatoms. The summed E-state index contributed by atoms with van der Waals surface area (Å²) in [7, 11) is 0. The lowest BCUT2D eigenvalue weighted by atomic mass is 10.1. The lowest BCUT2D eigenvalue weighted by molar-refractivity contribution is -0.121. The molecule has 1 aliphatic rings. The van der Waals surface area contributed by atoms with Gasteiger partial charge in [0, 0.05) is 6.04 Å². The summed E-state index contributed by atoms with van der Waals surface area (Å²) >= 11 is 0. The molecule has 1 fully saturated rings. The zero-order chi connectivity index (χ0) is 15.2. The molecule has 0 aromatic heterocycles. The van der Waals surface area contributed by atoms with Gasteiger partial charge in [0.15, 0.2) is 0 Å². The summed E-state index contributed by atoms with van der Waals surface area (Å²) in [6, 6.07) is 9.02. The number of imide groups is 1. The molecule has 1 saturated heterocycles. The van der Waals surface area contributed by atoms with Gasteiger partial charge in [-0.15, -0.1) is 0 Å². The minimum absolute atomic E-state index is 0.121. The van der Waals surface area contributed by atoms with Gasteiger partial charge in [-0.25, -0.2) is 4.90 Å². The monoisotopic (exact) mass is 288 g/mol. The average Bonchev–Trinajstić information content (AvgIpc) is 2.74. The van der Waals surface area contributed by atoms with Gasteiger partial charge in [-0.3, -0.25) is 9.59 Å². The summed E-state index contributed by atoms with van der Waals surface area (Å²) in [6.07, 6.45) is 4.85. The van der Waals surface area contributed by atoms with E-state index in [-0.39, 0.29) is 30.3 Å². The average molecular weight is 288 g/mol. The van der Waals surface area contributed by atoms with Crippen molar-refractivity contribution in [3.63, 3.8) is 0 Å². The minimum Gasteiger partial charge on any atom is -0.303 e. The number of benzene rings is 1. The highest BCUT2D eigenvalue weighted by Crippen LogP contribution is 2.22. The molecule has 2 amide bonds. The van der Waals surface area contributed by atoms with Crippen molar-refractivity contribution in [3.8, 4) is 0 Å². The second-order valence-corrected chi connectivity index (χ2v) is 5.72. The van der Waals surface area contributed by atoms with Gasteiger partial charge in [0.1, 0.15) is 0 Å². The summed E-state index contributed by atoms with van der Waals surface area (Å²) in [4.78, 5) is 25.8. The van der Waals surface area contributed by atoms with Crippen molar-refractivity contribution in [2.45, 2.75) is 58.0 Å². The highest BCUT2D eigenvalue weighted by atomic mass is 16.2. The third kappa shape index (κ3) is 3.91. The molecule has 2 rings (SSSR count). The van der Waals surface area contributed by atoms with E-state index in [1.54, 1.807) is 12.1 Å². The number of unbranched alkanes of at least 4 members (excludes halogenated alkanes) is 2. The predicted molar refractivity (Wildman–Crippen MR) is 84.1 cm³/mol. The predicted octanol–water partition coefficient (Wildman–Crippen LogP) is 2.88. The van der Waals surface area contributed by atoms with E-state index in [4.69, 9.17) is 0 Å². The first-order valence-corrected chi connectivity index (χ1v) is 7.81. The van der Waals surface area contributed by atoms with E-state index in [1.165, 1.54) is 17.7 Å².